The molecule has 2 aromatic heterocycles. The second-order valence-corrected chi connectivity index (χ2v) is 5.09. The third kappa shape index (κ3) is 2.71. The van der Waals surface area contributed by atoms with E-state index in [2.05, 4.69) is 15.3 Å². The van der Waals surface area contributed by atoms with Gasteiger partial charge in [0.05, 0.1) is 18.7 Å². The average Bonchev–Trinajstić information content (AvgIpc) is 2.91. The van der Waals surface area contributed by atoms with Crippen molar-refractivity contribution in [2.24, 2.45) is 0 Å². The summed E-state index contributed by atoms with van der Waals surface area (Å²) in [6.07, 6.45) is 6.62. The van der Waals surface area contributed by atoms with E-state index in [0.717, 1.165) is 36.3 Å². The molecule has 1 N–H and O–H groups in total. The van der Waals surface area contributed by atoms with Crippen LogP contribution in [-0.4, -0.2) is 15.9 Å². The highest BCUT2D eigenvalue weighted by Gasteiger charge is 2.23. The van der Waals surface area contributed by atoms with Crippen molar-refractivity contribution < 1.29 is 9.21 Å². The second-order valence-electron chi connectivity index (χ2n) is 5.09. The fourth-order valence-corrected chi connectivity index (χ4v) is 2.61. The van der Waals surface area contributed by atoms with Crippen LogP contribution in [0.5, 0.6) is 0 Å². The van der Waals surface area contributed by atoms with Crippen LogP contribution in [0.3, 0.4) is 0 Å². The summed E-state index contributed by atoms with van der Waals surface area (Å²) >= 11 is 0. The Bertz CT molecular complexity index is 608. The van der Waals surface area contributed by atoms with Crippen molar-refractivity contribution in [3.8, 4) is 0 Å². The predicted octanol–water partition coefficient (Wildman–Crippen LogP) is 2.11. The van der Waals surface area contributed by atoms with Gasteiger partial charge in [0.15, 0.2) is 0 Å². The molecule has 1 aliphatic rings. The van der Waals surface area contributed by atoms with Crippen molar-refractivity contribution in [2.75, 3.05) is 0 Å². The number of amides is 1. The van der Waals surface area contributed by atoms with E-state index in [9.17, 15) is 4.79 Å². The zero-order valence-electron chi connectivity index (χ0n) is 11.4. The van der Waals surface area contributed by atoms with Gasteiger partial charge < -0.3 is 9.73 Å². The second kappa shape index (κ2) is 5.45. The molecule has 1 amide bonds. The first-order valence-electron chi connectivity index (χ1n) is 6.86. The lowest BCUT2D eigenvalue weighted by atomic mass is 9.92. The molecule has 104 valence electrons. The molecule has 5 heteroatoms. The van der Waals surface area contributed by atoms with Gasteiger partial charge in [-0.05, 0) is 38.3 Å². The highest BCUT2D eigenvalue weighted by molar-refractivity contribution is 5.78. The predicted molar refractivity (Wildman–Crippen MR) is 73.0 cm³/mol. The molecule has 0 saturated heterocycles. The summed E-state index contributed by atoms with van der Waals surface area (Å²) < 4.78 is 5.19. The van der Waals surface area contributed by atoms with Gasteiger partial charge in [-0.1, -0.05) is 0 Å². The molecule has 0 bridgehead atoms. The third-order valence-corrected chi connectivity index (χ3v) is 3.55. The maximum absolute atomic E-state index is 12.0. The lowest BCUT2D eigenvalue weighted by molar-refractivity contribution is -0.121. The van der Waals surface area contributed by atoms with Crippen LogP contribution in [0.2, 0.25) is 0 Å². The Kier molecular flexibility index (Phi) is 3.50. The molecule has 0 fully saturated rings. The van der Waals surface area contributed by atoms with Crippen molar-refractivity contribution in [2.45, 2.75) is 38.6 Å². The van der Waals surface area contributed by atoms with Crippen LogP contribution in [0, 0.1) is 6.92 Å². The number of furan rings is 1. The first-order valence-corrected chi connectivity index (χ1v) is 6.86. The van der Waals surface area contributed by atoms with Gasteiger partial charge in [-0.3, -0.25) is 4.79 Å². The Labute approximate surface area is 117 Å². The molecule has 2 aromatic rings. The van der Waals surface area contributed by atoms with Crippen molar-refractivity contribution in [3.05, 3.63) is 47.4 Å². The van der Waals surface area contributed by atoms with E-state index < -0.39 is 0 Å². The minimum Gasteiger partial charge on any atom is -0.469 e. The zero-order valence-corrected chi connectivity index (χ0v) is 11.4. The number of nitrogens with one attached hydrogen (secondary N) is 1. The number of rotatable bonds is 3. The molecule has 20 heavy (non-hydrogen) atoms. The monoisotopic (exact) mass is 271 g/mol. The van der Waals surface area contributed by atoms with E-state index in [-0.39, 0.29) is 18.4 Å². The zero-order chi connectivity index (χ0) is 13.9. The third-order valence-electron chi connectivity index (χ3n) is 3.55. The molecular formula is C15H17N3O2. The van der Waals surface area contributed by atoms with Crippen molar-refractivity contribution in [1.82, 2.24) is 15.3 Å². The van der Waals surface area contributed by atoms with Crippen molar-refractivity contribution in [3.63, 3.8) is 0 Å². The Morgan fingerprint density at radius 1 is 1.55 bits per heavy atom. The fourth-order valence-electron chi connectivity index (χ4n) is 2.61. The molecule has 0 radical (unpaired) electrons. The summed E-state index contributed by atoms with van der Waals surface area (Å²) in [5.41, 5.74) is 2.11. The van der Waals surface area contributed by atoms with E-state index in [1.807, 2.05) is 13.1 Å². The number of fused-ring (bicyclic) bond motifs is 1. The normalized spacial score (nSPS) is 17.6. The Morgan fingerprint density at radius 3 is 3.25 bits per heavy atom. The first-order chi connectivity index (χ1) is 9.72. The van der Waals surface area contributed by atoms with E-state index >= 15 is 0 Å². The van der Waals surface area contributed by atoms with Crippen LogP contribution in [-0.2, 0) is 17.6 Å². The fraction of sp³-hybridized carbons (Fsp3) is 0.400. The number of nitrogens with zero attached hydrogens (tertiary/aromatic N) is 2. The Morgan fingerprint density at radius 2 is 2.45 bits per heavy atom. The average molecular weight is 271 g/mol. The number of carbonyl (C=O) groups is 1. The molecule has 0 aliphatic heterocycles. The molecule has 1 unspecified atom stereocenters. The van der Waals surface area contributed by atoms with E-state index in [1.54, 1.807) is 18.4 Å². The highest BCUT2D eigenvalue weighted by Crippen LogP contribution is 2.27. The minimum atomic E-state index is -0.0293. The van der Waals surface area contributed by atoms with Gasteiger partial charge in [-0.25, -0.2) is 9.97 Å². The minimum absolute atomic E-state index is 0.0156. The number of hydrogen-bond acceptors (Lipinski definition) is 4. The summed E-state index contributed by atoms with van der Waals surface area (Å²) in [5.74, 6) is 1.43. The van der Waals surface area contributed by atoms with Crippen LogP contribution in [0.1, 0.15) is 41.7 Å². The quantitative estimate of drug-likeness (QED) is 0.928. The lowest BCUT2D eigenvalue weighted by Crippen LogP contribution is -2.32. The van der Waals surface area contributed by atoms with Gasteiger partial charge in [0.1, 0.15) is 11.6 Å². The van der Waals surface area contributed by atoms with Crippen LogP contribution < -0.4 is 5.32 Å². The summed E-state index contributed by atoms with van der Waals surface area (Å²) in [4.78, 5) is 20.8. The largest absolute Gasteiger partial charge is 0.469 e. The summed E-state index contributed by atoms with van der Waals surface area (Å²) in [6.45, 7) is 1.89. The molecule has 5 nitrogen and oxygen atoms in total. The SMILES string of the molecule is Cc1ncc2c(n1)CCCC2NC(=O)Cc1ccco1. The number of aromatic nitrogens is 2. The number of hydrogen-bond donors (Lipinski definition) is 1. The molecule has 0 aromatic carbocycles. The number of aryl methyl sites for hydroxylation is 2. The molecule has 1 aliphatic carbocycles. The molecule has 0 spiro atoms. The van der Waals surface area contributed by atoms with Gasteiger partial charge in [0.25, 0.3) is 0 Å². The molecule has 0 saturated carbocycles. The van der Waals surface area contributed by atoms with Crippen LogP contribution in [0.25, 0.3) is 0 Å². The maximum atomic E-state index is 12.0. The Balaban J connectivity index is 1.71. The lowest BCUT2D eigenvalue weighted by Gasteiger charge is -2.25. The van der Waals surface area contributed by atoms with Crippen LogP contribution >= 0.6 is 0 Å². The van der Waals surface area contributed by atoms with E-state index in [4.69, 9.17) is 4.42 Å². The van der Waals surface area contributed by atoms with Gasteiger partial charge in [-0.15, -0.1) is 0 Å². The topological polar surface area (TPSA) is 68.0 Å². The van der Waals surface area contributed by atoms with Crippen LogP contribution in [0.4, 0.5) is 0 Å². The Hall–Kier alpha value is -2.17. The van der Waals surface area contributed by atoms with E-state index in [1.165, 1.54) is 0 Å². The molecule has 3 rings (SSSR count). The maximum Gasteiger partial charge on any atom is 0.228 e. The van der Waals surface area contributed by atoms with Gasteiger partial charge >= 0.3 is 0 Å². The van der Waals surface area contributed by atoms with Crippen LogP contribution in [0.15, 0.2) is 29.0 Å². The molecule has 1 atom stereocenters. The summed E-state index contributed by atoms with van der Waals surface area (Å²) in [5, 5.41) is 3.05. The van der Waals surface area contributed by atoms with Crippen molar-refractivity contribution in [1.29, 1.82) is 0 Å². The van der Waals surface area contributed by atoms with Gasteiger partial charge in [-0.2, -0.15) is 0 Å². The molecule has 2 heterocycles. The highest BCUT2D eigenvalue weighted by atomic mass is 16.3. The summed E-state index contributed by atoms with van der Waals surface area (Å²) in [7, 11) is 0. The smallest absolute Gasteiger partial charge is 0.228 e. The summed E-state index contributed by atoms with van der Waals surface area (Å²) in [6, 6.07) is 3.61. The van der Waals surface area contributed by atoms with Crippen molar-refractivity contribution >= 4 is 5.91 Å². The first kappa shape index (κ1) is 12.8. The number of carbonyl (C=O) groups excluding carboxylic acids is 1. The van der Waals surface area contributed by atoms with Gasteiger partial charge in [0, 0.05) is 17.5 Å². The molecular weight excluding hydrogens is 254 g/mol. The standard InChI is InChI=1S/C15H17N3O2/c1-10-16-9-12-13(17-10)5-2-6-14(12)18-15(19)8-11-4-3-7-20-11/h3-4,7,9,14H,2,5-6,8H2,1H3,(H,18,19). The van der Waals surface area contributed by atoms with Gasteiger partial charge in [0.2, 0.25) is 5.91 Å². The van der Waals surface area contributed by atoms with E-state index in [0.29, 0.717) is 5.76 Å².